The highest BCUT2D eigenvalue weighted by Crippen LogP contribution is 2.28. The summed E-state index contributed by atoms with van der Waals surface area (Å²) in [5.41, 5.74) is -0.128. The normalized spacial score (nSPS) is 10.8. The maximum Gasteiger partial charge on any atom is 0.412 e. The Kier molecular flexibility index (Phi) is 4.22. The van der Waals surface area contributed by atoms with Crippen molar-refractivity contribution in [3.05, 3.63) is 27.6 Å². The van der Waals surface area contributed by atoms with E-state index in [9.17, 15) is 9.70 Å². The Bertz CT molecular complexity index is 441. The number of carbonyl (C=O) groups is 1. The van der Waals surface area contributed by atoms with Gasteiger partial charge < -0.3 is 4.74 Å². The Morgan fingerprint density at radius 3 is 2.59 bits per heavy atom. The van der Waals surface area contributed by atoms with E-state index in [2.05, 4.69) is 26.4 Å². The van der Waals surface area contributed by atoms with Crippen LogP contribution in [0.4, 0.5) is 16.2 Å². The van der Waals surface area contributed by atoms with Crippen LogP contribution < -0.4 is 5.32 Å². The molecule has 0 aliphatic carbocycles. The Labute approximate surface area is 108 Å². The van der Waals surface area contributed by atoms with E-state index in [4.69, 9.17) is 4.74 Å². The summed E-state index contributed by atoms with van der Waals surface area (Å²) in [5.74, 6) is 0. The highest BCUT2D eigenvalue weighted by molar-refractivity contribution is 9.10. The van der Waals surface area contributed by atoms with E-state index >= 15 is 0 Å². The Morgan fingerprint density at radius 2 is 2.06 bits per heavy atom. The molecule has 0 radical (unpaired) electrons. The summed E-state index contributed by atoms with van der Waals surface area (Å²) >= 11 is 3.21. The minimum atomic E-state index is -0.621. The molecule has 0 bridgehead atoms. The third-order valence-corrected chi connectivity index (χ3v) is 2.19. The van der Waals surface area contributed by atoms with Gasteiger partial charge in [-0.15, -0.1) is 4.91 Å². The second kappa shape index (κ2) is 5.27. The van der Waals surface area contributed by atoms with Crippen molar-refractivity contribution in [2.75, 3.05) is 5.32 Å². The lowest BCUT2D eigenvalue weighted by Gasteiger charge is -2.19. The zero-order valence-electron chi connectivity index (χ0n) is 9.78. The Hall–Kier alpha value is -1.43. The second-order valence-corrected chi connectivity index (χ2v) is 5.30. The van der Waals surface area contributed by atoms with Gasteiger partial charge in [-0.2, -0.15) is 0 Å². The molecule has 1 amide bonds. The van der Waals surface area contributed by atoms with Crippen molar-refractivity contribution >= 4 is 33.4 Å². The van der Waals surface area contributed by atoms with Gasteiger partial charge in [0.15, 0.2) is 0 Å². The van der Waals surface area contributed by atoms with Gasteiger partial charge in [0.1, 0.15) is 11.3 Å². The molecule has 0 fully saturated rings. The minimum absolute atomic E-state index is 0.144. The van der Waals surface area contributed by atoms with Crippen LogP contribution in [-0.4, -0.2) is 11.7 Å². The van der Waals surface area contributed by atoms with Crippen LogP contribution >= 0.6 is 15.9 Å². The molecule has 0 aliphatic rings. The number of amides is 1. The monoisotopic (exact) mass is 300 g/mol. The highest BCUT2D eigenvalue weighted by atomic mass is 79.9. The lowest BCUT2D eigenvalue weighted by Crippen LogP contribution is -2.27. The van der Waals surface area contributed by atoms with Gasteiger partial charge in [-0.1, -0.05) is 15.9 Å². The molecule has 5 nitrogen and oxygen atoms in total. The predicted molar refractivity (Wildman–Crippen MR) is 69.5 cm³/mol. The van der Waals surface area contributed by atoms with Gasteiger partial charge in [-0.05, 0) is 44.1 Å². The number of hydrogen-bond donors (Lipinski definition) is 1. The van der Waals surface area contributed by atoms with E-state index in [1.54, 1.807) is 32.9 Å². The number of rotatable bonds is 2. The van der Waals surface area contributed by atoms with E-state index in [0.29, 0.717) is 10.2 Å². The first-order valence-corrected chi connectivity index (χ1v) is 5.74. The molecule has 17 heavy (non-hydrogen) atoms. The second-order valence-electron chi connectivity index (χ2n) is 4.38. The molecule has 0 aliphatic heterocycles. The average Bonchev–Trinajstić information content (AvgIpc) is 2.17. The van der Waals surface area contributed by atoms with E-state index in [-0.39, 0.29) is 5.69 Å². The molecule has 1 N–H and O–H groups in total. The smallest absolute Gasteiger partial charge is 0.412 e. The quantitative estimate of drug-likeness (QED) is 0.833. The van der Waals surface area contributed by atoms with Crippen molar-refractivity contribution in [1.82, 2.24) is 0 Å². The van der Waals surface area contributed by atoms with E-state index in [1.165, 1.54) is 6.07 Å². The van der Waals surface area contributed by atoms with Gasteiger partial charge in [0.05, 0.1) is 5.69 Å². The van der Waals surface area contributed by atoms with Crippen LogP contribution in [0.2, 0.25) is 0 Å². The fourth-order valence-corrected chi connectivity index (χ4v) is 1.45. The SMILES string of the molecule is CC(C)(C)OC(=O)Nc1ccc(Br)cc1N=O. The van der Waals surface area contributed by atoms with Crippen molar-refractivity contribution < 1.29 is 9.53 Å². The number of benzene rings is 1. The number of nitrogens with one attached hydrogen (secondary N) is 1. The number of anilines is 1. The third kappa shape index (κ3) is 4.52. The van der Waals surface area contributed by atoms with E-state index < -0.39 is 11.7 Å². The van der Waals surface area contributed by atoms with Gasteiger partial charge in [0.25, 0.3) is 0 Å². The minimum Gasteiger partial charge on any atom is -0.444 e. The average molecular weight is 301 g/mol. The fraction of sp³-hybridized carbons (Fsp3) is 0.364. The lowest BCUT2D eigenvalue weighted by molar-refractivity contribution is 0.0636. The van der Waals surface area contributed by atoms with Crippen LogP contribution in [-0.2, 0) is 4.74 Å². The van der Waals surface area contributed by atoms with Gasteiger partial charge in [-0.25, -0.2) is 4.79 Å². The molecule has 0 heterocycles. The summed E-state index contributed by atoms with van der Waals surface area (Å²) in [5, 5.41) is 5.30. The van der Waals surface area contributed by atoms with E-state index in [0.717, 1.165) is 0 Å². The summed E-state index contributed by atoms with van der Waals surface area (Å²) in [7, 11) is 0. The largest absolute Gasteiger partial charge is 0.444 e. The molecule has 0 unspecified atom stereocenters. The van der Waals surface area contributed by atoms with Crippen molar-refractivity contribution in [1.29, 1.82) is 0 Å². The van der Waals surface area contributed by atoms with Crippen LogP contribution in [0.3, 0.4) is 0 Å². The Morgan fingerprint density at radius 1 is 1.41 bits per heavy atom. The van der Waals surface area contributed by atoms with Crippen LogP contribution in [0.15, 0.2) is 27.8 Å². The van der Waals surface area contributed by atoms with Crippen molar-refractivity contribution in [2.24, 2.45) is 5.18 Å². The molecule has 1 aromatic carbocycles. The standard InChI is InChI=1S/C11H13BrN2O3/c1-11(2,3)17-10(15)13-8-5-4-7(12)6-9(8)14-16/h4-6H,1-3H3,(H,13,15). The highest BCUT2D eigenvalue weighted by Gasteiger charge is 2.17. The number of ether oxygens (including phenoxy) is 1. The van der Waals surface area contributed by atoms with Crippen LogP contribution in [0.25, 0.3) is 0 Å². The molecule has 0 spiro atoms. The summed E-state index contributed by atoms with van der Waals surface area (Å²) < 4.78 is 5.78. The number of nitrogens with zero attached hydrogens (tertiary/aromatic N) is 1. The van der Waals surface area contributed by atoms with Crippen molar-refractivity contribution in [3.8, 4) is 0 Å². The summed E-state index contributed by atoms with van der Waals surface area (Å²) in [4.78, 5) is 22.1. The first kappa shape index (κ1) is 13.6. The molecular formula is C11H13BrN2O3. The molecule has 0 aromatic heterocycles. The van der Waals surface area contributed by atoms with Crippen LogP contribution in [0.5, 0.6) is 0 Å². The molecule has 0 saturated carbocycles. The molecule has 1 aromatic rings. The van der Waals surface area contributed by atoms with Gasteiger partial charge in [0.2, 0.25) is 0 Å². The van der Waals surface area contributed by atoms with Crippen molar-refractivity contribution in [2.45, 2.75) is 26.4 Å². The maximum absolute atomic E-state index is 11.5. The number of nitroso groups, excluding NO2 is 1. The molecule has 1 rings (SSSR count). The molecule has 0 saturated heterocycles. The topological polar surface area (TPSA) is 67.8 Å². The van der Waals surface area contributed by atoms with Gasteiger partial charge in [-0.3, -0.25) is 5.32 Å². The zero-order valence-corrected chi connectivity index (χ0v) is 11.4. The number of hydrogen-bond acceptors (Lipinski definition) is 4. The molecule has 6 heteroatoms. The zero-order chi connectivity index (χ0) is 13.1. The molecular weight excluding hydrogens is 288 g/mol. The fourth-order valence-electron chi connectivity index (χ4n) is 1.10. The van der Waals surface area contributed by atoms with Crippen LogP contribution in [0, 0.1) is 4.91 Å². The molecule has 0 atom stereocenters. The predicted octanol–water partition coefficient (Wildman–Crippen LogP) is 4.19. The Balaban J connectivity index is 2.81. The van der Waals surface area contributed by atoms with Gasteiger partial charge in [0, 0.05) is 4.47 Å². The lowest BCUT2D eigenvalue weighted by atomic mass is 10.2. The third-order valence-electron chi connectivity index (χ3n) is 1.69. The summed E-state index contributed by atoms with van der Waals surface area (Å²) in [6, 6.07) is 4.78. The van der Waals surface area contributed by atoms with E-state index in [1.807, 2.05) is 0 Å². The molecule has 92 valence electrons. The van der Waals surface area contributed by atoms with Crippen LogP contribution in [0.1, 0.15) is 20.8 Å². The van der Waals surface area contributed by atoms with Crippen molar-refractivity contribution in [3.63, 3.8) is 0 Å². The maximum atomic E-state index is 11.5. The first-order chi connectivity index (χ1) is 7.81. The summed E-state index contributed by atoms with van der Waals surface area (Å²) in [6.45, 7) is 5.27. The first-order valence-electron chi connectivity index (χ1n) is 4.95. The summed E-state index contributed by atoms with van der Waals surface area (Å²) in [6.07, 6.45) is -0.621. The van der Waals surface area contributed by atoms with Gasteiger partial charge >= 0.3 is 6.09 Å². The number of carbonyl (C=O) groups excluding carboxylic acids is 1. The number of halogens is 1.